The monoisotopic (exact) mass is 248 g/mol. The number of methoxy groups -OCH3 is 2. The lowest BCUT2D eigenvalue weighted by Crippen LogP contribution is -2.15. The van der Waals surface area contributed by atoms with Crippen LogP contribution in [-0.4, -0.2) is 20.0 Å². The van der Waals surface area contributed by atoms with Gasteiger partial charge in [0.25, 0.3) is 0 Å². The van der Waals surface area contributed by atoms with Gasteiger partial charge in [0.1, 0.15) is 17.6 Å². The highest BCUT2D eigenvalue weighted by Gasteiger charge is 2.24. The second-order valence-corrected chi connectivity index (χ2v) is 4.14. The number of ketones is 1. The fraction of sp³-hybridized carbons (Fsp3) is 0.357. The molecule has 0 aromatic heterocycles. The van der Waals surface area contributed by atoms with Crippen molar-refractivity contribution < 1.29 is 19.0 Å². The summed E-state index contributed by atoms with van der Waals surface area (Å²) in [5.41, 5.74) is 0.860. The summed E-state index contributed by atoms with van der Waals surface area (Å²) in [5, 5.41) is 0. The van der Waals surface area contributed by atoms with E-state index in [0.29, 0.717) is 23.7 Å². The fourth-order valence-electron chi connectivity index (χ4n) is 2.03. The molecule has 1 aromatic carbocycles. The zero-order chi connectivity index (χ0) is 13.1. The minimum absolute atomic E-state index is 0.0709. The van der Waals surface area contributed by atoms with Crippen molar-refractivity contribution in [3.63, 3.8) is 0 Å². The van der Waals surface area contributed by atoms with Crippen LogP contribution in [0.1, 0.15) is 25.0 Å². The molecule has 1 aromatic rings. The fourth-order valence-corrected chi connectivity index (χ4v) is 2.03. The van der Waals surface area contributed by atoms with E-state index in [2.05, 4.69) is 0 Å². The van der Waals surface area contributed by atoms with E-state index in [4.69, 9.17) is 14.2 Å². The number of hydrogen-bond donors (Lipinski definition) is 0. The number of ether oxygens (including phenoxy) is 3. The molecule has 18 heavy (non-hydrogen) atoms. The Hall–Kier alpha value is -1.97. The van der Waals surface area contributed by atoms with Crippen molar-refractivity contribution in [3.8, 4) is 11.5 Å². The molecular weight excluding hydrogens is 232 g/mol. The van der Waals surface area contributed by atoms with Crippen LogP contribution >= 0.6 is 0 Å². The molecule has 0 saturated heterocycles. The van der Waals surface area contributed by atoms with Gasteiger partial charge in [-0.15, -0.1) is 0 Å². The van der Waals surface area contributed by atoms with E-state index in [1.165, 1.54) is 6.08 Å². The lowest BCUT2D eigenvalue weighted by Gasteiger charge is -2.24. The van der Waals surface area contributed by atoms with Crippen molar-refractivity contribution in [2.75, 3.05) is 14.2 Å². The van der Waals surface area contributed by atoms with Gasteiger partial charge >= 0.3 is 0 Å². The second kappa shape index (κ2) is 5.12. The molecule has 1 aliphatic rings. The summed E-state index contributed by atoms with van der Waals surface area (Å²) in [6, 6.07) is 5.49. The quantitative estimate of drug-likeness (QED) is 0.824. The molecule has 0 spiro atoms. The summed E-state index contributed by atoms with van der Waals surface area (Å²) in [6.07, 6.45) is 1.57. The van der Waals surface area contributed by atoms with Crippen molar-refractivity contribution in [1.29, 1.82) is 0 Å². The molecule has 2 rings (SSSR count). The minimum atomic E-state index is -0.289. The van der Waals surface area contributed by atoms with E-state index in [1.54, 1.807) is 27.2 Å². The third-order valence-corrected chi connectivity index (χ3v) is 2.87. The third kappa shape index (κ3) is 2.47. The Bertz CT molecular complexity index is 491. The zero-order valence-corrected chi connectivity index (χ0v) is 10.7. The first kappa shape index (κ1) is 12.5. The van der Waals surface area contributed by atoms with Crippen molar-refractivity contribution in [1.82, 2.24) is 0 Å². The van der Waals surface area contributed by atoms with Gasteiger partial charge in [0.15, 0.2) is 5.78 Å². The maximum absolute atomic E-state index is 11.6. The Morgan fingerprint density at radius 3 is 2.67 bits per heavy atom. The molecular formula is C14H16O4. The van der Waals surface area contributed by atoms with Crippen LogP contribution in [0, 0.1) is 0 Å². The summed E-state index contributed by atoms with van der Waals surface area (Å²) in [4.78, 5) is 11.6. The summed E-state index contributed by atoms with van der Waals surface area (Å²) in [6.45, 7) is 1.78. The average Bonchev–Trinajstić information content (AvgIpc) is 2.36. The van der Waals surface area contributed by atoms with Gasteiger partial charge in [0.2, 0.25) is 0 Å². The highest BCUT2D eigenvalue weighted by atomic mass is 16.5. The van der Waals surface area contributed by atoms with Crippen LogP contribution in [0.4, 0.5) is 0 Å². The summed E-state index contributed by atoms with van der Waals surface area (Å²) >= 11 is 0. The molecule has 0 radical (unpaired) electrons. The molecule has 1 atom stereocenters. The molecule has 1 heterocycles. The van der Waals surface area contributed by atoms with Crippen LogP contribution in [0.25, 0.3) is 0 Å². The molecule has 0 N–H and O–H groups in total. The number of benzene rings is 1. The largest absolute Gasteiger partial charge is 0.497 e. The minimum Gasteiger partial charge on any atom is -0.497 e. The van der Waals surface area contributed by atoms with Crippen LogP contribution in [0.15, 0.2) is 30.0 Å². The van der Waals surface area contributed by atoms with Crippen LogP contribution < -0.4 is 9.47 Å². The molecule has 0 fully saturated rings. The molecule has 0 bridgehead atoms. The Balaban J connectivity index is 2.33. The van der Waals surface area contributed by atoms with Gasteiger partial charge in [-0.1, -0.05) is 0 Å². The SMILES string of the molecule is COc1ccc(C2CC(=O)C=C(C)O2)c(OC)c1. The number of allylic oxidation sites excluding steroid dienone is 2. The normalized spacial score (nSPS) is 18.9. The molecule has 4 nitrogen and oxygen atoms in total. The lowest BCUT2D eigenvalue weighted by molar-refractivity contribution is -0.118. The number of rotatable bonds is 3. The molecule has 4 heteroatoms. The maximum atomic E-state index is 11.6. The van der Waals surface area contributed by atoms with Gasteiger partial charge in [-0.3, -0.25) is 4.79 Å². The molecule has 1 unspecified atom stereocenters. The van der Waals surface area contributed by atoms with E-state index < -0.39 is 0 Å². The Morgan fingerprint density at radius 2 is 2.06 bits per heavy atom. The van der Waals surface area contributed by atoms with Crippen LogP contribution in [-0.2, 0) is 9.53 Å². The Labute approximate surface area is 106 Å². The van der Waals surface area contributed by atoms with Gasteiger partial charge in [0, 0.05) is 17.7 Å². The van der Waals surface area contributed by atoms with Crippen LogP contribution in [0.5, 0.6) is 11.5 Å². The summed E-state index contributed by atoms with van der Waals surface area (Å²) in [5.74, 6) is 2.09. The van der Waals surface area contributed by atoms with Gasteiger partial charge in [0.05, 0.1) is 26.4 Å². The number of carbonyl (C=O) groups excluding carboxylic acids is 1. The smallest absolute Gasteiger partial charge is 0.163 e. The summed E-state index contributed by atoms with van der Waals surface area (Å²) < 4.78 is 16.1. The topological polar surface area (TPSA) is 44.8 Å². The van der Waals surface area contributed by atoms with E-state index in [9.17, 15) is 4.79 Å². The molecule has 0 saturated carbocycles. The Kier molecular flexibility index (Phi) is 3.55. The van der Waals surface area contributed by atoms with E-state index in [1.807, 2.05) is 12.1 Å². The maximum Gasteiger partial charge on any atom is 0.163 e. The molecule has 1 aliphatic heterocycles. The average molecular weight is 248 g/mol. The van der Waals surface area contributed by atoms with Crippen molar-refractivity contribution >= 4 is 5.78 Å². The van der Waals surface area contributed by atoms with Crippen molar-refractivity contribution in [2.24, 2.45) is 0 Å². The second-order valence-electron chi connectivity index (χ2n) is 4.14. The van der Waals surface area contributed by atoms with Crippen LogP contribution in [0.2, 0.25) is 0 Å². The summed E-state index contributed by atoms with van der Waals surface area (Å²) in [7, 11) is 3.19. The van der Waals surface area contributed by atoms with E-state index in [0.717, 1.165) is 5.56 Å². The van der Waals surface area contributed by atoms with E-state index in [-0.39, 0.29) is 11.9 Å². The lowest BCUT2D eigenvalue weighted by atomic mass is 10.0. The Morgan fingerprint density at radius 1 is 1.28 bits per heavy atom. The third-order valence-electron chi connectivity index (χ3n) is 2.87. The van der Waals surface area contributed by atoms with Gasteiger partial charge in [-0.2, -0.15) is 0 Å². The van der Waals surface area contributed by atoms with Crippen LogP contribution in [0.3, 0.4) is 0 Å². The number of hydrogen-bond acceptors (Lipinski definition) is 4. The molecule has 96 valence electrons. The first-order chi connectivity index (χ1) is 8.63. The number of carbonyl (C=O) groups is 1. The predicted molar refractivity (Wildman–Crippen MR) is 66.8 cm³/mol. The molecule has 0 aliphatic carbocycles. The van der Waals surface area contributed by atoms with Crippen molar-refractivity contribution in [2.45, 2.75) is 19.4 Å². The van der Waals surface area contributed by atoms with Crippen molar-refractivity contribution in [3.05, 3.63) is 35.6 Å². The van der Waals surface area contributed by atoms with Gasteiger partial charge < -0.3 is 14.2 Å². The first-order valence-corrected chi connectivity index (χ1v) is 5.73. The first-order valence-electron chi connectivity index (χ1n) is 5.73. The van der Waals surface area contributed by atoms with Gasteiger partial charge in [-0.25, -0.2) is 0 Å². The van der Waals surface area contributed by atoms with Gasteiger partial charge in [-0.05, 0) is 19.1 Å². The highest BCUT2D eigenvalue weighted by Crippen LogP contribution is 2.36. The highest BCUT2D eigenvalue weighted by molar-refractivity contribution is 5.91. The predicted octanol–water partition coefficient (Wildman–Crippen LogP) is 2.64. The standard InChI is InChI=1S/C14H16O4/c1-9-6-10(15)7-14(18-9)12-5-4-11(16-2)8-13(12)17-3/h4-6,8,14H,7H2,1-3H3. The molecule has 0 amide bonds. The zero-order valence-electron chi connectivity index (χ0n) is 10.7. The van der Waals surface area contributed by atoms with E-state index >= 15 is 0 Å².